The Labute approximate surface area is 156 Å². The summed E-state index contributed by atoms with van der Waals surface area (Å²) in [5.74, 6) is 0. The molecule has 0 fully saturated rings. The van der Waals surface area contributed by atoms with E-state index in [-0.39, 0.29) is 11.6 Å². The van der Waals surface area contributed by atoms with Crippen LogP contribution in [0.5, 0.6) is 0 Å². The minimum absolute atomic E-state index is 0.0751. The van der Waals surface area contributed by atoms with Crippen LogP contribution in [0.2, 0.25) is 5.02 Å². The van der Waals surface area contributed by atoms with Crippen LogP contribution in [0.25, 0.3) is 10.2 Å². The topological polar surface area (TPSA) is 50.3 Å². The highest BCUT2D eigenvalue weighted by Crippen LogP contribution is 2.34. The molecule has 10 heteroatoms. The van der Waals surface area contributed by atoms with Crippen LogP contribution in [-0.4, -0.2) is 24.8 Å². The first-order valence-electron chi connectivity index (χ1n) is 7.26. The molecule has 2 aromatic carbocycles. The summed E-state index contributed by atoms with van der Waals surface area (Å²) in [4.78, 5) is 3.75. The van der Waals surface area contributed by atoms with Crippen molar-refractivity contribution < 1.29 is 21.6 Å². The van der Waals surface area contributed by atoms with E-state index in [0.717, 1.165) is 26.7 Å². The lowest BCUT2D eigenvalue weighted by Crippen LogP contribution is -2.27. The van der Waals surface area contributed by atoms with Crippen molar-refractivity contribution in [3.05, 3.63) is 58.1 Å². The third kappa shape index (κ3) is 3.71. The number of hydrogen-bond acceptors (Lipinski definition) is 4. The average molecular weight is 421 g/mol. The molecule has 0 aliphatic rings. The summed E-state index contributed by atoms with van der Waals surface area (Å²) in [7, 11) is -2.94. The summed E-state index contributed by atoms with van der Waals surface area (Å²) in [5.41, 5.74) is -0.343. The van der Waals surface area contributed by atoms with Crippen LogP contribution < -0.4 is 0 Å². The normalized spacial score (nSPS) is 12.8. The molecule has 0 aliphatic carbocycles. The lowest BCUT2D eigenvalue weighted by Gasteiger charge is -2.18. The quantitative estimate of drug-likeness (QED) is 0.609. The maximum Gasteiger partial charge on any atom is 0.416 e. The average Bonchev–Trinajstić information content (AvgIpc) is 2.96. The van der Waals surface area contributed by atoms with Gasteiger partial charge in [-0.3, -0.25) is 0 Å². The first-order valence-corrected chi connectivity index (χ1v) is 9.90. The van der Waals surface area contributed by atoms with Crippen molar-refractivity contribution in [3.63, 3.8) is 0 Å². The lowest BCUT2D eigenvalue weighted by molar-refractivity contribution is -0.137. The fourth-order valence-electron chi connectivity index (χ4n) is 2.31. The fourth-order valence-corrected chi connectivity index (χ4v) is 5.04. The molecule has 3 aromatic rings. The summed E-state index contributed by atoms with van der Waals surface area (Å²) in [5, 5.41) is 0.259. The largest absolute Gasteiger partial charge is 0.416 e. The molecule has 0 N–H and O–H groups in total. The first-order chi connectivity index (χ1) is 12.1. The van der Waals surface area contributed by atoms with E-state index in [4.69, 9.17) is 11.6 Å². The minimum atomic E-state index is -4.67. The standard InChI is InChI=1S/C16H12ClF3N2O2S2/c1-22(9-15-21-12-4-2-3-5-13(12)25-15)26(23,24)14-8-10(16(18,19)20)6-7-11(14)17/h2-8H,9H2,1H3. The number of aromatic nitrogens is 1. The number of para-hydroxylation sites is 1. The number of sulfonamides is 1. The van der Waals surface area contributed by atoms with Gasteiger partial charge in [0, 0.05) is 7.05 Å². The molecule has 0 bridgehead atoms. The summed E-state index contributed by atoms with van der Waals surface area (Å²) in [6.07, 6.45) is -4.67. The van der Waals surface area contributed by atoms with Crippen LogP contribution in [0, 0.1) is 0 Å². The molecule has 0 unspecified atom stereocenters. The number of alkyl halides is 3. The van der Waals surface area contributed by atoms with E-state index in [1.165, 1.54) is 18.4 Å². The number of rotatable bonds is 4. The Morgan fingerprint density at radius 1 is 1.19 bits per heavy atom. The molecule has 0 saturated heterocycles. The van der Waals surface area contributed by atoms with Gasteiger partial charge in [0.1, 0.15) is 9.90 Å². The summed E-state index contributed by atoms with van der Waals surface area (Å²) < 4.78 is 65.9. The number of hydrogen-bond donors (Lipinski definition) is 0. The Balaban J connectivity index is 1.94. The molecule has 138 valence electrons. The van der Waals surface area contributed by atoms with Crippen molar-refractivity contribution in [3.8, 4) is 0 Å². The molecule has 0 spiro atoms. The van der Waals surface area contributed by atoms with Crippen molar-refractivity contribution in [1.29, 1.82) is 0 Å². The summed E-state index contributed by atoms with van der Waals surface area (Å²) in [6.45, 7) is -0.0751. The van der Waals surface area contributed by atoms with Gasteiger partial charge in [-0.25, -0.2) is 13.4 Å². The van der Waals surface area contributed by atoms with E-state index >= 15 is 0 Å². The maximum absolute atomic E-state index is 12.9. The van der Waals surface area contributed by atoms with Crippen molar-refractivity contribution in [1.82, 2.24) is 9.29 Å². The number of nitrogens with zero attached hydrogens (tertiary/aromatic N) is 2. The molecule has 1 aromatic heterocycles. The SMILES string of the molecule is CN(Cc1nc2ccccc2s1)S(=O)(=O)c1cc(C(F)(F)F)ccc1Cl. The number of thiazole rings is 1. The van der Waals surface area contributed by atoms with Gasteiger partial charge in [0.25, 0.3) is 0 Å². The van der Waals surface area contributed by atoms with E-state index in [2.05, 4.69) is 4.98 Å². The zero-order valence-corrected chi connectivity index (χ0v) is 15.7. The highest BCUT2D eigenvalue weighted by molar-refractivity contribution is 7.89. The van der Waals surface area contributed by atoms with Gasteiger partial charge in [-0.15, -0.1) is 11.3 Å². The van der Waals surface area contributed by atoms with Crippen molar-refractivity contribution in [2.24, 2.45) is 0 Å². The fraction of sp³-hybridized carbons (Fsp3) is 0.188. The second-order valence-corrected chi connectivity index (χ2v) is 9.02. The molecule has 4 nitrogen and oxygen atoms in total. The monoisotopic (exact) mass is 420 g/mol. The van der Waals surface area contributed by atoms with Gasteiger partial charge in [-0.05, 0) is 30.3 Å². The number of benzene rings is 2. The van der Waals surface area contributed by atoms with Crippen LogP contribution >= 0.6 is 22.9 Å². The van der Waals surface area contributed by atoms with Gasteiger partial charge in [0.2, 0.25) is 10.0 Å². The zero-order chi connectivity index (χ0) is 19.1. The summed E-state index contributed by atoms with van der Waals surface area (Å²) in [6, 6.07) is 9.54. The van der Waals surface area contributed by atoms with Crippen molar-refractivity contribution in [2.45, 2.75) is 17.6 Å². The molecular formula is C16H12ClF3N2O2S2. The Morgan fingerprint density at radius 3 is 2.54 bits per heavy atom. The van der Waals surface area contributed by atoms with Crippen LogP contribution in [0.15, 0.2) is 47.4 Å². The number of fused-ring (bicyclic) bond motifs is 1. The molecule has 0 atom stereocenters. The third-order valence-electron chi connectivity index (χ3n) is 3.64. The smallest absolute Gasteiger partial charge is 0.240 e. The van der Waals surface area contributed by atoms with Crippen molar-refractivity contribution >= 4 is 43.2 Å². The molecule has 0 saturated carbocycles. The molecule has 0 radical (unpaired) electrons. The zero-order valence-electron chi connectivity index (χ0n) is 13.3. The van der Waals surface area contributed by atoms with Crippen LogP contribution in [0.4, 0.5) is 13.2 Å². The van der Waals surface area contributed by atoms with Gasteiger partial charge in [-0.2, -0.15) is 17.5 Å². The molecular weight excluding hydrogens is 409 g/mol. The third-order valence-corrected chi connectivity index (χ3v) is 6.95. The molecule has 1 heterocycles. The van der Waals surface area contributed by atoms with Gasteiger partial charge < -0.3 is 0 Å². The van der Waals surface area contributed by atoms with Gasteiger partial charge in [0.15, 0.2) is 0 Å². The number of halogens is 4. The van der Waals surface area contributed by atoms with E-state index in [9.17, 15) is 21.6 Å². The van der Waals surface area contributed by atoms with Crippen molar-refractivity contribution in [2.75, 3.05) is 7.05 Å². The first kappa shape index (κ1) is 19.1. The van der Waals surface area contributed by atoms with Gasteiger partial charge in [-0.1, -0.05) is 23.7 Å². The van der Waals surface area contributed by atoms with E-state index in [0.29, 0.717) is 11.1 Å². The lowest BCUT2D eigenvalue weighted by atomic mass is 10.2. The van der Waals surface area contributed by atoms with E-state index in [1.807, 2.05) is 18.2 Å². The maximum atomic E-state index is 12.9. The Kier molecular flexibility index (Phi) is 5.00. The summed E-state index contributed by atoms with van der Waals surface area (Å²) >= 11 is 7.17. The molecule has 0 amide bonds. The minimum Gasteiger partial charge on any atom is -0.240 e. The molecule has 3 rings (SSSR count). The predicted octanol–water partition coefficient (Wildman–Crippen LogP) is 4.79. The predicted molar refractivity (Wildman–Crippen MR) is 94.7 cm³/mol. The highest BCUT2D eigenvalue weighted by Gasteiger charge is 2.33. The second-order valence-electron chi connectivity index (χ2n) is 5.48. The van der Waals surface area contributed by atoms with Crippen LogP contribution in [0.1, 0.15) is 10.6 Å². The van der Waals surface area contributed by atoms with E-state index in [1.54, 1.807) is 6.07 Å². The van der Waals surface area contributed by atoms with Gasteiger partial charge in [0.05, 0.1) is 27.3 Å². The Bertz CT molecular complexity index is 1030. The van der Waals surface area contributed by atoms with Crippen LogP contribution in [-0.2, 0) is 22.7 Å². The Hall–Kier alpha value is -1.68. The van der Waals surface area contributed by atoms with E-state index < -0.39 is 26.7 Å². The highest BCUT2D eigenvalue weighted by atomic mass is 35.5. The molecule has 26 heavy (non-hydrogen) atoms. The van der Waals surface area contributed by atoms with Crippen LogP contribution in [0.3, 0.4) is 0 Å². The molecule has 0 aliphatic heterocycles. The second kappa shape index (κ2) is 6.80. The van der Waals surface area contributed by atoms with Gasteiger partial charge >= 0.3 is 6.18 Å². The Morgan fingerprint density at radius 2 is 1.88 bits per heavy atom.